The van der Waals surface area contributed by atoms with Crippen LogP contribution in [0.2, 0.25) is 0 Å². The maximum atomic E-state index is 8.64. The van der Waals surface area contributed by atoms with Crippen molar-refractivity contribution in [1.29, 1.82) is 0 Å². The molecule has 13 heavy (non-hydrogen) atoms. The van der Waals surface area contributed by atoms with E-state index in [-0.39, 0.29) is 6.61 Å². The second kappa shape index (κ2) is 5.00. The molecule has 0 aromatic heterocycles. The lowest BCUT2D eigenvalue weighted by atomic mass is 10.1. The minimum Gasteiger partial charge on any atom is -0.395 e. The van der Waals surface area contributed by atoms with Gasteiger partial charge in [-0.1, -0.05) is 29.8 Å². The van der Waals surface area contributed by atoms with Crippen molar-refractivity contribution in [3.63, 3.8) is 0 Å². The number of nitrogens with one attached hydrogen (secondary N) is 1. The van der Waals surface area contributed by atoms with E-state index in [1.165, 1.54) is 11.1 Å². The number of hydrogen-bond donors (Lipinski definition) is 2. The number of benzene rings is 1. The Balaban J connectivity index is 2.55. The fourth-order valence-corrected chi connectivity index (χ4v) is 1.25. The lowest BCUT2D eigenvalue weighted by Gasteiger charge is -2.13. The molecule has 1 rings (SSSR count). The highest BCUT2D eigenvalue weighted by Gasteiger charge is 2.02. The van der Waals surface area contributed by atoms with Crippen molar-refractivity contribution in [2.24, 2.45) is 0 Å². The third kappa shape index (κ3) is 3.17. The number of aliphatic hydroxyl groups is 1. The largest absolute Gasteiger partial charge is 0.395 e. The highest BCUT2D eigenvalue weighted by Crippen LogP contribution is 2.12. The molecule has 2 nitrogen and oxygen atoms in total. The molecule has 0 bridgehead atoms. The summed E-state index contributed by atoms with van der Waals surface area (Å²) in [4.78, 5) is 0. The summed E-state index contributed by atoms with van der Waals surface area (Å²) in [6.07, 6.45) is 0. The van der Waals surface area contributed by atoms with E-state index < -0.39 is 0 Å². The molecule has 1 atom stereocenters. The standard InChI is InChI=1S/C11H17NO/c1-9-3-5-11(6-4-9)10(2)12-7-8-13/h3-6,10,12-13H,7-8H2,1-2H3/t10-/m0/s1. The van der Waals surface area contributed by atoms with Gasteiger partial charge in [0.05, 0.1) is 6.61 Å². The molecule has 2 heteroatoms. The third-order valence-electron chi connectivity index (χ3n) is 2.14. The molecular weight excluding hydrogens is 162 g/mol. The summed E-state index contributed by atoms with van der Waals surface area (Å²) in [5, 5.41) is 11.9. The number of rotatable bonds is 4. The van der Waals surface area contributed by atoms with E-state index in [9.17, 15) is 0 Å². The Bertz CT molecular complexity index is 243. The summed E-state index contributed by atoms with van der Waals surface area (Å²) in [5.41, 5.74) is 2.54. The molecule has 0 amide bonds. The molecule has 0 saturated carbocycles. The quantitative estimate of drug-likeness (QED) is 0.736. The molecule has 72 valence electrons. The molecule has 0 saturated heterocycles. The van der Waals surface area contributed by atoms with Gasteiger partial charge >= 0.3 is 0 Å². The summed E-state index contributed by atoms with van der Waals surface area (Å²) in [5.74, 6) is 0. The van der Waals surface area contributed by atoms with Gasteiger partial charge in [-0.05, 0) is 19.4 Å². The van der Waals surface area contributed by atoms with E-state index in [1.54, 1.807) is 0 Å². The van der Waals surface area contributed by atoms with Gasteiger partial charge in [-0.15, -0.1) is 0 Å². The average molecular weight is 179 g/mol. The Kier molecular flexibility index (Phi) is 3.93. The Labute approximate surface area is 79.6 Å². The van der Waals surface area contributed by atoms with Crippen molar-refractivity contribution in [2.45, 2.75) is 19.9 Å². The predicted octanol–water partition coefficient (Wildman–Crippen LogP) is 1.64. The van der Waals surface area contributed by atoms with Crippen LogP contribution in [0.3, 0.4) is 0 Å². The smallest absolute Gasteiger partial charge is 0.0556 e. The summed E-state index contributed by atoms with van der Waals surface area (Å²) < 4.78 is 0. The van der Waals surface area contributed by atoms with E-state index in [4.69, 9.17) is 5.11 Å². The highest BCUT2D eigenvalue weighted by molar-refractivity contribution is 5.23. The van der Waals surface area contributed by atoms with Crippen molar-refractivity contribution in [2.75, 3.05) is 13.2 Å². The first kappa shape index (κ1) is 10.2. The molecule has 2 N–H and O–H groups in total. The fraction of sp³-hybridized carbons (Fsp3) is 0.455. The topological polar surface area (TPSA) is 32.3 Å². The Morgan fingerprint density at radius 2 is 1.92 bits per heavy atom. The Hall–Kier alpha value is -0.860. The number of hydrogen-bond acceptors (Lipinski definition) is 2. The number of aryl methyl sites for hydroxylation is 1. The van der Waals surface area contributed by atoms with Gasteiger partial charge in [0.25, 0.3) is 0 Å². The molecule has 0 fully saturated rings. The zero-order valence-electron chi connectivity index (χ0n) is 8.25. The van der Waals surface area contributed by atoms with Gasteiger partial charge in [0.15, 0.2) is 0 Å². The molecule has 1 aromatic rings. The van der Waals surface area contributed by atoms with E-state index in [2.05, 4.69) is 43.4 Å². The SMILES string of the molecule is Cc1ccc([C@H](C)NCCO)cc1. The third-order valence-corrected chi connectivity index (χ3v) is 2.14. The first-order valence-corrected chi connectivity index (χ1v) is 4.65. The van der Waals surface area contributed by atoms with E-state index in [0.29, 0.717) is 12.6 Å². The van der Waals surface area contributed by atoms with E-state index in [0.717, 1.165) is 0 Å². The number of aliphatic hydroxyl groups excluding tert-OH is 1. The molecule has 0 heterocycles. The van der Waals surface area contributed by atoms with Gasteiger partial charge in [-0.2, -0.15) is 0 Å². The minimum absolute atomic E-state index is 0.191. The summed E-state index contributed by atoms with van der Waals surface area (Å²) in [6, 6.07) is 8.75. The lowest BCUT2D eigenvalue weighted by Crippen LogP contribution is -2.21. The molecule has 0 aliphatic rings. The first-order valence-electron chi connectivity index (χ1n) is 4.65. The van der Waals surface area contributed by atoms with Crippen LogP contribution in [0.4, 0.5) is 0 Å². The van der Waals surface area contributed by atoms with Crippen molar-refractivity contribution < 1.29 is 5.11 Å². The van der Waals surface area contributed by atoms with Gasteiger partial charge in [0, 0.05) is 12.6 Å². The van der Waals surface area contributed by atoms with Crippen LogP contribution in [0.15, 0.2) is 24.3 Å². The van der Waals surface area contributed by atoms with Crippen molar-refractivity contribution in [1.82, 2.24) is 5.32 Å². The van der Waals surface area contributed by atoms with E-state index in [1.807, 2.05) is 0 Å². The van der Waals surface area contributed by atoms with Crippen LogP contribution in [-0.2, 0) is 0 Å². The van der Waals surface area contributed by atoms with Gasteiger partial charge in [0.2, 0.25) is 0 Å². The van der Waals surface area contributed by atoms with Gasteiger partial charge < -0.3 is 10.4 Å². The minimum atomic E-state index is 0.191. The molecule has 1 aromatic carbocycles. The van der Waals surface area contributed by atoms with Crippen LogP contribution in [0, 0.1) is 6.92 Å². The summed E-state index contributed by atoms with van der Waals surface area (Å²) in [7, 11) is 0. The van der Waals surface area contributed by atoms with E-state index >= 15 is 0 Å². The molecular formula is C11H17NO. The molecule has 0 spiro atoms. The summed E-state index contributed by atoms with van der Waals surface area (Å²) in [6.45, 7) is 5.02. The first-order chi connectivity index (χ1) is 6.24. The molecule has 0 radical (unpaired) electrons. The van der Waals surface area contributed by atoms with Crippen LogP contribution >= 0.6 is 0 Å². The second-order valence-electron chi connectivity index (χ2n) is 3.31. The van der Waals surface area contributed by atoms with Crippen LogP contribution in [0.1, 0.15) is 24.1 Å². The van der Waals surface area contributed by atoms with Gasteiger partial charge in [-0.3, -0.25) is 0 Å². The summed E-state index contributed by atoms with van der Waals surface area (Å²) >= 11 is 0. The molecule has 0 unspecified atom stereocenters. The lowest BCUT2D eigenvalue weighted by molar-refractivity contribution is 0.286. The van der Waals surface area contributed by atoms with Crippen molar-refractivity contribution >= 4 is 0 Å². The second-order valence-corrected chi connectivity index (χ2v) is 3.31. The Morgan fingerprint density at radius 3 is 2.46 bits per heavy atom. The van der Waals surface area contributed by atoms with Crippen LogP contribution in [0.5, 0.6) is 0 Å². The van der Waals surface area contributed by atoms with Gasteiger partial charge in [-0.25, -0.2) is 0 Å². The van der Waals surface area contributed by atoms with Crippen molar-refractivity contribution in [3.05, 3.63) is 35.4 Å². The maximum absolute atomic E-state index is 8.64. The van der Waals surface area contributed by atoms with Crippen LogP contribution < -0.4 is 5.32 Å². The average Bonchev–Trinajstić information content (AvgIpc) is 2.15. The van der Waals surface area contributed by atoms with Crippen molar-refractivity contribution in [3.8, 4) is 0 Å². The fourth-order valence-electron chi connectivity index (χ4n) is 1.25. The molecule has 0 aliphatic heterocycles. The zero-order valence-corrected chi connectivity index (χ0v) is 8.25. The van der Waals surface area contributed by atoms with Gasteiger partial charge in [0.1, 0.15) is 0 Å². The monoisotopic (exact) mass is 179 g/mol. The Morgan fingerprint density at radius 1 is 1.31 bits per heavy atom. The van der Waals surface area contributed by atoms with Crippen LogP contribution in [0.25, 0.3) is 0 Å². The maximum Gasteiger partial charge on any atom is 0.0556 e. The normalized spacial score (nSPS) is 12.8. The highest BCUT2D eigenvalue weighted by atomic mass is 16.3. The molecule has 0 aliphatic carbocycles. The predicted molar refractivity (Wildman–Crippen MR) is 54.7 cm³/mol. The zero-order chi connectivity index (χ0) is 9.68. The van der Waals surface area contributed by atoms with Crippen LogP contribution in [-0.4, -0.2) is 18.3 Å².